The third-order valence-electron chi connectivity index (χ3n) is 2.59. The van der Waals surface area contributed by atoms with Crippen molar-refractivity contribution in [2.45, 2.75) is 13.5 Å². The van der Waals surface area contributed by atoms with Gasteiger partial charge in [0.15, 0.2) is 0 Å². The van der Waals surface area contributed by atoms with E-state index >= 15 is 0 Å². The summed E-state index contributed by atoms with van der Waals surface area (Å²) in [6.45, 7) is 4.18. The molecule has 0 aliphatic rings. The monoisotopic (exact) mass is 246 g/mol. The van der Waals surface area contributed by atoms with Crippen LogP contribution in [0.15, 0.2) is 40.9 Å². The smallest absolute Gasteiger partial charge is 0.133 e. The van der Waals surface area contributed by atoms with E-state index in [0.29, 0.717) is 6.61 Å². The minimum absolute atomic E-state index is 0.664. The number of rotatable bonds is 6. The molecule has 4 heteroatoms. The molecule has 0 bridgehead atoms. The number of nitrogens with zero attached hydrogens (tertiary/aromatic N) is 2. The van der Waals surface area contributed by atoms with Crippen molar-refractivity contribution in [3.05, 3.63) is 47.9 Å². The molecule has 0 N–H and O–H groups in total. The van der Waals surface area contributed by atoms with Crippen molar-refractivity contribution in [2.75, 3.05) is 20.2 Å². The standard InChI is InChI=1S/C14H18N2O2/c1-12-10-13(15-18-12)11-16(2)8-9-17-14-6-4-3-5-7-14/h3-7,10H,8-9,11H2,1-2H3. The summed E-state index contributed by atoms with van der Waals surface area (Å²) in [5.41, 5.74) is 0.953. The lowest BCUT2D eigenvalue weighted by molar-refractivity contribution is 0.228. The van der Waals surface area contributed by atoms with Gasteiger partial charge in [0.2, 0.25) is 0 Å². The lowest BCUT2D eigenvalue weighted by Gasteiger charge is -2.15. The number of hydrogen-bond acceptors (Lipinski definition) is 4. The zero-order valence-electron chi connectivity index (χ0n) is 10.8. The maximum Gasteiger partial charge on any atom is 0.133 e. The van der Waals surface area contributed by atoms with Crippen LogP contribution in [0.2, 0.25) is 0 Å². The summed E-state index contributed by atoms with van der Waals surface area (Å²) in [4.78, 5) is 2.15. The highest BCUT2D eigenvalue weighted by Crippen LogP contribution is 2.08. The molecule has 4 nitrogen and oxygen atoms in total. The number of likely N-dealkylation sites (N-methyl/N-ethyl adjacent to an activating group) is 1. The van der Waals surface area contributed by atoms with Crippen molar-refractivity contribution in [1.29, 1.82) is 0 Å². The van der Waals surface area contributed by atoms with Gasteiger partial charge >= 0.3 is 0 Å². The molecule has 0 unspecified atom stereocenters. The second-order valence-electron chi connectivity index (χ2n) is 4.33. The number of hydrogen-bond donors (Lipinski definition) is 0. The first-order valence-electron chi connectivity index (χ1n) is 6.02. The van der Waals surface area contributed by atoms with Crippen molar-refractivity contribution in [3.63, 3.8) is 0 Å². The van der Waals surface area contributed by atoms with E-state index in [-0.39, 0.29) is 0 Å². The van der Waals surface area contributed by atoms with E-state index in [1.54, 1.807) is 0 Å². The fourth-order valence-corrected chi connectivity index (χ4v) is 1.68. The highest BCUT2D eigenvalue weighted by atomic mass is 16.5. The van der Waals surface area contributed by atoms with Crippen molar-refractivity contribution in [2.24, 2.45) is 0 Å². The van der Waals surface area contributed by atoms with Gasteiger partial charge in [-0.25, -0.2) is 0 Å². The van der Waals surface area contributed by atoms with Crippen LogP contribution in [0.3, 0.4) is 0 Å². The molecule has 0 saturated heterocycles. The van der Waals surface area contributed by atoms with Crippen LogP contribution in [0.5, 0.6) is 5.75 Å². The van der Waals surface area contributed by atoms with E-state index in [9.17, 15) is 0 Å². The molecule has 0 saturated carbocycles. The third-order valence-corrected chi connectivity index (χ3v) is 2.59. The normalized spacial score (nSPS) is 10.8. The van der Waals surface area contributed by atoms with Crippen LogP contribution in [-0.4, -0.2) is 30.3 Å². The Morgan fingerprint density at radius 2 is 2.06 bits per heavy atom. The quantitative estimate of drug-likeness (QED) is 0.785. The second kappa shape index (κ2) is 6.21. The maximum absolute atomic E-state index is 5.63. The van der Waals surface area contributed by atoms with Crippen LogP contribution in [0.25, 0.3) is 0 Å². The summed E-state index contributed by atoms with van der Waals surface area (Å²) >= 11 is 0. The molecular weight excluding hydrogens is 228 g/mol. The highest BCUT2D eigenvalue weighted by Gasteiger charge is 2.04. The molecule has 0 aliphatic carbocycles. The number of benzene rings is 1. The Kier molecular flexibility index (Phi) is 4.36. The number of ether oxygens (including phenoxy) is 1. The Hall–Kier alpha value is -1.81. The summed E-state index contributed by atoms with van der Waals surface area (Å²) < 4.78 is 10.7. The van der Waals surface area contributed by atoms with Crippen LogP contribution < -0.4 is 4.74 Å². The summed E-state index contributed by atoms with van der Waals surface area (Å²) in [5.74, 6) is 1.75. The molecule has 0 fully saturated rings. The summed E-state index contributed by atoms with van der Waals surface area (Å²) in [6.07, 6.45) is 0. The minimum Gasteiger partial charge on any atom is -0.492 e. The molecule has 2 aromatic rings. The Balaban J connectivity index is 1.70. The zero-order chi connectivity index (χ0) is 12.8. The fraction of sp³-hybridized carbons (Fsp3) is 0.357. The Bertz CT molecular complexity index is 468. The summed E-state index contributed by atoms with van der Waals surface area (Å²) in [6, 6.07) is 11.8. The van der Waals surface area contributed by atoms with Crippen molar-refractivity contribution in [3.8, 4) is 5.75 Å². The van der Waals surface area contributed by atoms with Crippen LogP contribution in [-0.2, 0) is 6.54 Å². The average Bonchev–Trinajstić information content (AvgIpc) is 2.76. The second-order valence-corrected chi connectivity index (χ2v) is 4.33. The minimum atomic E-state index is 0.664. The maximum atomic E-state index is 5.63. The Morgan fingerprint density at radius 3 is 2.72 bits per heavy atom. The fourth-order valence-electron chi connectivity index (χ4n) is 1.68. The molecule has 18 heavy (non-hydrogen) atoms. The van der Waals surface area contributed by atoms with Gasteiger partial charge in [0.25, 0.3) is 0 Å². The van der Waals surface area contributed by atoms with E-state index in [4.69, 9.17) is 9.26 Å². The Morgan fingerprint density at radius 1 is 1.28 bits per heavy atom. The lowest BCUT2D eigenvalue weighted by Crippen LogP contribution is -2.24. The van der Waals surface area contributed by atoms with E-state index in [2.05, 4.69) is 10.1 Å². The largest absolute Gasteiger partial charge is 0.492 e. The van der Waals surface area contributed by atoms with Gasteiger partial charge in [-0.15, -0.1) is 0 Å². The third kappa shape index (κ3) is 3.89. The van der Waals surface area contributed by atoms with Gasteiger partial charge in [-0.3, -0.25) is 4.90 Å². The van der Waals surface area contributed by atoms with Gasteiger partial charge < -0.3 is 9.26 Å². The Labute approximate surface area is 107 Å². The van der Waals surface area contributed by atoms with E-state index < -0.39 is 0 Å². The van der Waals surface area contributed by atoms with E-state index in [1.165, 1.54) is 0 Å². The molecule has 0 atom stereocenters. The molecule has 0 amide bonds. The highest BCUT2D eigenvalue weighted by molar-refractivity contribution is 5.20. The number of aromatic nitrogens is 1. The molecule has 0 aliphatic heterocycles. The number of para-hydroxylation sites is 1. The van der Waals surface area contributed by atoms with Gasteiger partial charge in [-0.05, 0) is 26.1 Å². The molecule has 0 spiro atoms. The van der Waals surface area contributed by atoms with Gasteiger partial charge in [0.1, 0.15) is 18.1 Å². The van der Waals surface area contributed by atoms with Crippen molar-refractivity contribution >= 4 is 0 Å². The molecular formula is C14H18N2O2. The topological polar surface area (TPSA) is 38.5 Å². The molecule has 2 rings (SSSR count). The zero-order valence-corrected chi connectivity index (χ0v) is 10.8. The van der Waals surface area contributed by atoms with Crippen molar-refractivity contribution < 1.29 is 9.26 Å². The van der Waals surface area contributed by atoms with Gasteiger partial charge in [0, 0.05) is 19.2 Å². The molecule has 0 radical (unpaired) electrons. The first-order valence-corrected chi connectivity index (χ1v) is 6.02. The van der Waals surface area contributed by atoms with Crippen LogP contribution in [0.4, 0.5) is 0 Å². The number of aryl methyl sites for hydroxylation is 1. The molecule has 1 aromatic carbocycles. The average molecular weight is 246 g/mol. The molecule has 1 aromatic heterocycles. The van der Waals surface area contributed by atoms with E-state index in [0.717, 1.165) is 30.3 Å². The lowest BCUT2D eigenvalue weighted by atomic mass is 10.3. The SMILES string of the molecule is Cc1cc(CN(C)CCOc2ccccc2)no1. The first kappa shape index (κ1) is 12.6. The van der Waals surface area contributed by atoms with Gasteiger partial charge in [0.05, 0.1) is 5.69 Å². The predicted octanol–water partition coefficient (Wildman–Crippen LogP) is 2.49. The van der Waals surface area contributed by atoms with Crippen LogP contribution in [0.1, 0.15) is 11.5 Å². The van der Waals surface area contributed by atoms with Crippen molar-refractivity contribution in [1.82, 2.24) is 10.1 Å². The van der Waals surface area contributed by atoms with Crippen LogP contribution >= 0.6 is 0 Å². The van der Waals surface area contributed by atoms with Crippen LogP contribution in [0, 0.1) is 6.92 Å². The van der Waals surface area contributed by atoms with Gasteiger partial charge in [-0.1, -0.05) is 23.4 Å². The first-order chi connectivity index (χ1) is 8.74. The summed E-state index contributed by atoms with van der Waals surface area (Å²) in [5, 5.41) is 3.96. The van der Waals surface area contributed by atoms with Gasteiger partial charge in [-0.2, -0.15) is 0 Å². The summed E-state index contributed by atoms with van der Waals surface area (Å²) in [7, 11) is 2.04. The predicted molar refractivity (Wildman–Crippen MR) is 69.5 cm³/mol. The molecule has 96 valence electrons. The molecule has 1 heterocycles. The van der Waals surface area contributed by atoms with E-state index in [1.807, 2.05) is 50.4 Å².